The molecule has 1 unspecified atom stereocenters. The third-order valence-corrected chi connectivity index (χ3v) is 7.04. The van der Waals surface area contributed by atoms with Crippen LogP contribution < -0.4 is 10.6 Å². The molecule has 1 aliphatic heterocycles. The van der Waals surface area contributed by atoms with Gasteiger partial charge in [0.05, 0.1) is 11.9 Å². The highest BCUT2D eigenvalue weighted by Gasteiger charge is 2.43. The second-order valence-electron chi connectivity index (χ2n) is 10.1. The smallest absolute Gasteiger partial charge is 0.276 e. The molecule has 2 aromatic heterocycles. The molecule has 1 fully saturated rings. The number of aromatic amines is 1. The first-order chi connectivity index (χ1) is 15.8. The van der Waals surface area contributed by atoms with Crippen LogP contribution in [0.5, 0.6) is 0 Å². The predicted molar refractivity (Wildman–Crippen MR) is 125 cm³/mol. The van der Waals surface area contributed by atoms with E-state index in [0.29, 0.717) is 37.3 Å². The molecule has 2 aliphatic rings. The molecule has 1 atom stereocenters. The SMILES string of the molecule is CC1(C)CCc2c(C(=O)Nc3cnn(C(c4ccccc4)C4(F)CCNCC4)c3)n[nH]c2C1. The van der Waals surface area contributed by atoms with Gasteiger partial charge in [0.1, 0.15) is 11.7 Å². The summed E-state index contributed by atoms with van der Waals surface area (Å²) in [6.45, 7) is 5.72. The fourth-order valence-electron chi connectivity index (χ4n) is 5.21. The first-order valence-corrected chi connectivity index (χ1v) is 11.7. The van der Waals surface area contributed by atoms with Gasteiger partial charge in [-0.25, -0.2) is 4.39 Å². The maximum absolute atomic E-state index is 16.2. The van der Waals surface area contributed by atoms with E-state index in [1.807, 2.05) is 30.3 Å². The molecule has 7 nitrogen and oxygen atoms in total. The lowest BCUT2D eigenvalue weighted by Gasteiger charge is -2.37. The van der Waals surface area contributed by atoms with Crippen molar-refractivity contribution < 1.29 is 9.18 Å². The number of H-pyrrole nitrogens is 1. The number of nitrogens with one attached hydrogen (secondary N) is 3. The molecule has 0 radical (unpaired) electrons. The summed E-state index contributed by atoms with van der Waals surface area (Å²) in [5.74, 6) is -0.264. The molecule has 3 heterocycles. The van der Waals surface area contributed by atoms with E-state index in [-0.39, 0.29) is 11.3 Å². The van der Waals surface area contributed by atoms with Gasteiger partial charge in [0.2, 0.25) is 0 Å². The highest BCUT2D eigenvalue weighted by molar-refractivity contribution is 6.03. The van der Waals surface area contributed by atoms with Crippen LogP contribution in [-0.2, 0) is 12.8 Å². The molecular formula is C25H31FN6O. The van der Waals surface area contributed by atoms with Crippen molar-refractivity contribution >= 4 is 11.6 Å². The van der Waals surface area contributed by atoms with E-state index in [4.69, 9.17) is 0 Å². The summed E-state index contributed by atoms with van der Waals surface area (Å²) >= 11 is 0. The van der Waals surface area contributed by atoms with Gasteiger partial charge in [-0.15, -0.1) is 0 Å². The number of aromatic nitrogens is 4. The van der Waals surface area contributed by atoms with Crippen LogP contribution in [0.3, 0.4) is 0 Å². The van der Waals surface area contributed by atoms with Crippen LogP contribution in [0.15, 0.2) is 42.7 Å². The summed E-state index contributed by atoms with van der Waals surface area (Å²) in [6, 6.07) is 9.07. The van der Waals surface area contributed by atoms with Crippen LogP contribution in [0.4, 0.5) is 10.1 Å². The number of anilines is 1. The lowest BCUT2D eigenvalue weighted by molar-refractivity contribution is 0.0636. The van der Waals surface area contributed by atoms with E-state index in [9.17, 15) is 4.79 Å². The zero-order valence-electron chi connectivity index (χ0n) is 19.2. The second kappa shape index (κ2) is 8.41. The molecule has 0 saturated carbocycles. The molecule has 33 heavy (non-hydrogen) atoms. The van der Waals surface area contributed by atoms with Crippen molar-refractivity contribution in [3.8, 4) is 0 Å². The molecule has 174 valence electrons. The minimum Gasteiger partial charge on any atom is -0.318 e. The average Bonchev–Trinajstić information content (AvgIpc) is 3.41. The molecule has 1 aromatic carbocycles. The van der Waals surface area contributed by atoms with Crippen molar-refractivity contribution in [2.75, 3.05) is 18.4 Å². The number of rotatable bonds is 5. The number of piperidine rings is 1. The zero-order valence-corrected chi connectivity index (χ0v) is 19.2. The molecule has 3 aromatic rings. The van der Waals surface area contributed by atoms with Crippen LogP contribution in [0.25, 0.3) is 0 Å². The Morgan fingerprint density at radius 1 is 1.18 bits per heavy atom. The summed E-state index contributed by atoms with van der Waals surface area (Å²) in [4.78, 5) is 13.0. The topological polar surface area (TPSA) is 87.6 Å². The third-order valence-electron chi connectivity index (χ3n) is 7.04. The van der Waals surface area contributed by atoms with Crippen molar-refractivity contribution in [2.45, 2.75) is 57.7 Å². The van der Waals surface area contributed by atoms with Gasteiger partial charge in [-0.2, -0.15) is 10.2 Å². The second-order valence-corrected chi connectivity index (χ2v) is 10.1. The van der Waals surface area contributed by atoms with E-state index in [1.165, 1.54) is 0 Å². The normalized spacial score (nSPS) is 20.1. The molecule has 0 spiro atoms. The zero-order chi connectivity index (χ0) is 23.1. The summed E-state index contributed by atoms with van der Waals surface area (Å²) in [6.07, 6.45) is 6.85. The summed E-state index contributed by atoms with van der Waals surface area (Å²) in [5.41, 5.74) is 2.66. The Bertz CT molecular complexity index is 1130. The average molecular weight is 451 g/mol. The van der Waals surface area contributed by atoms with E-state index < -0.39 is 11.7 Å². The van der Waals surface area contributed by atoms with E-state index in [2.05, 4.69) is 39.8 Å². The van der Waals surface area contributed by atoms with E-state index in [1.54, 1.807) is 17.1 Å². The molecule has 1 amide bonds. The number of hydrogen-bond acceptors (Lipinski definition) is 4. The van der Waals surface area contributed by atoms with Gasteiger partial charge in [-0.3, -0.25) is 14.6 Å². The number of halogens is 1. The van der Waals surface area contributed by atoms with Crippen LogP contribution in [-0.4, -0.2) is 44.6 Å². The third kappa shape index (κ3) is 4.31. The van der Waals surface area contributed by atoms with Gasteiger partial charge in [0, 0.05) is 17.5 Å². The Hall–Kier alpha value is -3.00. The number of alkyl halides is 1. The number of amides is 1. The highest BCUT2D eigenvalue weighted by atomic mass is 19.1. The van der Waals surface area contributed by atoms with Gasteiger partial charge in [-0.1, -0.05) is 44.2 Å². The van der Waals surface area contributed by atoms with Gasteiger partial charge < -0.3 is 10.6 Å². The highest BCUT2D eigenvalue weighted by Crippen LogP contribution is 2.40. The fraction of sp³-hybridized carbons (Fsp3) is 0.480. The quantitative estimate of drug-likeness (QED) is 0.547. The number of carbonyl (C=O) groups is 1. The summed E-state index contributed by atoms with van der Waals surface area (Å²) < 4.78 is 17.8. The number of fused-ring (bicyclic) bond motifs is 1. The Morgan fingerprint density at radius 3 is 2.70 bits per heavy atom. The Labute approximate surface area is 193 Å². The molecule has 5 rings (SSSR count). The van der Waals surface area contributed by atoms with Gasteiger partial charge in [-0.05, 0) is 56.2 Å². The molecule has 1 aliphatic carbocycles. The van der Waals surface area contributed by atoms with Crippen LogP contribution in [0.1, 0.15) is 66.5 Å². The molecule has 0 bridgehead atoms. The van der Waals surface area contributed by atoms with Crippen LogP contribution in [0.2, 0.25) is 0 Å². The lowest BCUT2D eigenvalue weighted by atomic mass is 9.76. The summed E-state index contributed by atoms with van der Waals surface area (Å²) in [5, 5.41) is 18.0. The van der Waals surface area contributed by atoms with Gasteiger partial charge in [0.15, 0.2) is 5.69 Å². The minimum atomic E-state index is -1.42. The number of carbonyl (C=O) groups excluding carboxylic acids is 1. The Balaban J connectivity index is 1.39. The standard InChI is InChI=1S/C25H31FN6O/c1-24(2)9-8-19-20(14-24)30-31-21(19)23(33)29-18-15-28-32(16-18)22(17-6-4-3-5-7-17)25(26)10-12-27-13-11-25/h3-7,15-16,22,27H,8-14H2,1-2H3,(H,29,33)(H,30,31). The minimum absolute atomic E-state index is 0.206. The Morgan fingerprint density at radius 2 is 1.94 bits per heavy atom. The number of nitrogens with zero attached hydrogens (tertiary/aromatic N) is 3. The van der Waals surface area contributed by atoms with E-state index >= 15 is 4.39 Å². The summed E-state index contributed by atoms with van der Waals surface area (Å²) in [7, 11) is 0. The van der Waals surface area contributed by atoms with Gasteiger partial charge >= 0.3 is 0 Å². The largest absolute Gasteiger partial charge is 0.318 e. The maximum Gasteiger partial charge on any atom is 0.276 e. The first kappa shape index (κ1) is 21.8. The Kier molecular flexibility index (Phi) is 5.56. The van der Waals surface area contributed by atoms with Crippen molar-refractivity contribution in [2.24, 2.45) is 5.41 Å². The number of benzene rings is 1. The maximum atomic E-state index is 16.2. The predicted octanol–water partition coefficient (Wildman–Crippen LogP) is 4.05. The molecule has 8 heteroatoms. The molecular weight excluding hydrogens is 419 g/mol. The van der Waals surface area contributed by atoms with Crippen molar-refractivity contribution in [1.82, 2.24) is 25.3 Å². The van der Waals surface area contributed by atoms with Gasteiger partial charge in [0.25, 0.3) is 5.91 Å². The number of hydrogen-bond donors (Lipinski definition) is 3. The molecule has 1 saturated heterocycles. The van der Waals surface area contributed by atoms with Crippen molar-refractivity contribution in [3.05, 3.63) is 65.2 Å². The lowest BCUT2D eigenvalue weighted by Crippen LogP contribution is -2.45. The van der Waals surface area contributed by atoms with Crippen molar-refractivity contribution in [1.29, 1.82) is 0 Å². The first-order valence-electron chi connectivity index (χ1n) is 11.7. The van der Waals surface area contributed by atoms with Crippen LogP contribution >= 0.6 is 0 Å². The molecule has 3 N–H and O–H groups in total. The van der Waals surface area contributed by atoms with E-state index in [0.717, 1.165) is 36.1 Å². The van der Waals surface area contributed by atoms with Crippen LogP contribution in [0, 0.1) is 5.41 Å². The van der Waals surface area contributed by atoms with Crippen molar-refractivity contribution in [3.63, 3.8) is 0 Å². The monoisotopic (exact) mass is 450 g/mol. The fourth-order valence-corrected chi connectivity index (χ4v) is 5.21.